The van der Waals surface area contributed by atoms with Crippen LogP contribution in [0.3, 0.4) is 0 Å². The highest BCUT2D eigenvalue weighted by atomic mass is 16.5. The van der Waals surface area contributed by atoms with Crippen LogP contribution in [-0.2, 0) is 11.2 Å². The van der Waals surface area contributed by atoms with Gasteiger partial charge < -0.3 is 39.9 Å². The molecule has 0 bridgehead atoms. The third-order valence-corrected chi connectivity index (χ3v) is 12.9. The van der Waals surface area contributed by atoms with Gasteiger partial charge in [0.05, 0.1) is 13.2 Å². The molecule has 0 atom stereocenters. The number of furan rings is 1. The Morgan fingerprint density at radius 3 is 1.61 bits per heavy atom. The minimum Gasteiger partial charge on any atom is -0.494 e. The fourth-order valence-corrected chi connectivity index (χ4v) is 8.89. The van der Waals surface area contributed by atoms with Crippen LogP contribution in [-0.4, -0.2) is 74.0 Å². The monoisotopic (exact) mass is 957 g/mol. The van der Waals surface area contributed by atoms with E-state index >= 15 is 0 Å². The lowest BCUT2D eigenvalue weighted by Crippen LogP contribution is -2.28. The molecular formula is C60H84N4O6. The average Bonchev–Trinajstić information content (AvgIpc) is 3.74. The van der Waals surface area contributed by atoms with Gasteiger partial charge in [-0.3, -0.25) is 4.79 Å². The van der Waals surface area contributed by atoms with Crippen LogP contribution in [0.25, 0.3) is 27.9 Å². The van der Waals surface area contributed by atoms with E-state index in [1.807, 2.05) is 54.6 Å². The van der Waals surface area contributed by atoms with Crippen LogP contribution in [0, 0.1) is 0 Å². The summed E-state index contributed by atoms with van der Waals surface area (Å²) >= 11 is 0. The molecule has 10 heteroatoms. The van der Waals surface area contributed by atoms with Gasteiger partial charge in [0, 0.05) is 64.1 Å². The topological polar surface area (TPSA) is 133 Å². The lowest BCUT2D eigenvalue weighted by molar-refractivity contribution is -0.130. The maximum absolute atomic E-state index is 14.7. The number of hydrogen-bond acceptors (Lipinski definition) is 10. The third-order valence-electron chi connectivity index (χ3n) is 12.9. The molecule has 0 aliphatic rings. The van der Waals surface area contributed by atoms with Gasteiger partial charge in [0.25, 0.3) is 0 Å². The first-order chi connectivity index (χ1) is 34.1. The summed E-state index contributed by atoms with van der Waals surface area (Å²) in [6, 6.07) is 26.1. The van der Waals surface area contributed by atoms with Crippen molar-refractivity contribution in [2.24, 2.45) is 0 Å². The standard InChI is InChI=1S/C60H84N4O6/c1-7-13-21-52(58-54-44-49(62)27-33-57(54)69-59(58)46-24-30-51(31-25-46)68-41-19-39-64(36-16-10-4)37-17-11-5)53(20-12-6)60(66)70-56-32-26-48(61)42-47(56)43-55(65)45-22-28-50(29-23-45)67-40-18-38-63(34-14-8-2)35-15-9-3/h22-33,42,44H,7-21,34-41,43,61-62H2,1-6H3/b53-52-. The molecule has 0 unspecified atom stereocenters. The Hall–Kier alpha value is -5.58. The highest BCUT2D eigenvalue weighted by Crippen LogP contribution is 2.43. The molecule has 4 aromatic carbocycles. The summed E-state index contributed by atoms with van der Waals surface area (Å²) in [5.74, 6) is 1.90. The van der Waals surface area contributed by atoms with E-state index in [9.17, 15) is 9.59 Å². The second kappa shape index (κ2) is 30.2. The Labute approximate surface area is 420 Å². The first kappa shape index (κ1) is 55.3. The number of rotatable bonds is 34. The van der Waals surface area contributed by atoms with Gasteiger partial charge in [0.2, 0.25) is 0 Å². The molecule has 5 rings (SSSR count). The lowest BCUT2D eigenvalue weighted by atomic mass is 9.89. The summed E-state index contributed by atoms with van der Waals surface area (Å²) < 4.78 is 25.4. The zero-order valence-corrected chi connectivity index (χ0v) is 43.6. The number of fused-ring (bicyclic) bond motifs is 1. The number of anilines is 2. The number of Topliss-reactive ketones (excluding diaryl/α,β-unsaturated/α-hetero) is 1. The van der Waals surface area contributed by atoms with Crippen LogP contribution in [0.1, 0.15) is 159 Å². The Morgan fingerprint density at radius 2 is 1.07 bits per heavy atom. The number of carbonyl (C=O) groups excluding carboxylic acids is 2. The van der Waals surface area contributed by atoms with Crippen LogP contribution in [0.4, 0.5) is 11.4 Å². The minimum absolute atomic E-state index is 0.000589. The highest BCUT2D eigenvalue weighted by molar-refractivity contribution is 6.07. The van der Waals surface area contributed by atoms with Crippen molar-refractivity contribution in [1.82, 2.24) is 9.80 Å². The van der Waals surface area contributed by atoms with Crippen molar-refractivity contribution >= 4 is 39.7 Å². The van der Waals surface area contributed by atoms with Crippen molar-refractivity contribution in [3.8, 4) is 28.6 Å². The lowest BCUT2D eigenvalue weighted by Gasteiger charge is -2.21. The third kappa shape index (κ3) is 17.1. The molecule has 5 aromatic rings. The summed E-state index contributed by atoms with van der Waals surface area (Å²) in [5, 5.41) is 0.838. The van der Waals surface area contributed by atoms with E-state index in [0.29, 0.717) is 77.6 Å². The van der Waals surface area contributed by atoms with Crippen molar-refractivity contribution in [2.75, 3.05) is 63.9 Å². The summed E-state index contributed by atoms with van der Waals surface area (Å²) in [6.07, 6.45) is 15.1. The van der Waals surface area contributed by atoms with Gasteiger partial charge in [-0.15, -0.1) is 0 Å². The van der Waals surface area contributed by atoms with Crippen LogP contribution in [0.5, 0.6) is 17.2 Å². The van der Waals surface area contributed by atoms with E-state index in [0.717, 1.165) is 98.5 Å². The van der Waals surface area contributed by atoms with Gasteiger partial charge in [0.15, 0.2) is 5.78 Å². The van der Waals surface area contributed by atoms with Gasteiger partial charge >= 0.3 is 5.97 Å². The molecule has 1 aromatic heterocycles. The van der Waals surface area contributed by atoms with E-state index in [1.165, 1.54) is 51.4 Å². The van der Waals surface area contributed by atoms with Crippen LogP contribution >= 0.6 is 0 Å². The summed E-state index contributed by atoms with van der Waals surface area (Å²) in [6.45, 7) is 21.0. The first-order valence-corrected chi connectivity index (χ1v) is 26.7. The number of benzene rings is 4. The second-order valence-corrected chi connectivity index (χ2v) is 18.8. The van der Waals surface area contributed by atoms with Crippen molar-refractivity contribution in [3.05, 3.63) is 107 Å². The summed E-state index contributed by atoms with van der Waals surface area (Å²) in [5.41, 5.74) is 18.7. The molecule has 0 saturated carbocycles. The second-order valence-electron chi connectivity index (χ2n) is 18.8. The van der Waals surface area contributed by atoms with Crippen molar-refractivity contribution in [3.63, 3.8) is 0 Å². The SMILES string of the molecule is CCCC/C(=C(\CCC)C(=O)Oc1ccc(N)cc1CC(=O)c1ccc(OCCCN(CCCC)CCCC)cc1)c1c(-c2ccc(OCCCN(CCCC)CCCC)cc2)oc2ccc(N)cc12. The van der Waals surface area contributed by atoms with Crippen LogP contribution < -0.4 is 25.7 Å². The van der Waals surface area contributed by atoms with Gasteiger partial charge in [-0.25, -0.2) is 4.79 Å². The number of ether oxygens (including phenoxy) is 3. The Kier molecular flexibility index (Phi) is 23.9. The van der Waals surface area contributed by atoms with E-state index < -0.39 is 5.97 Å². The first-order valence-electron chi connectivity index (χ1n) is 26.7. The Balaban J connectivity index is 1.36. The number of nitrogens with two attached hydrogens (primary N) is 2. The van der Waals surface area contributed by atoms with Crippen molar-refractivity contribution in [1.29, 1.82) is 0 Å². The fraction of sp³-hybridized carbons (Fsp3) is 0.500. The predicted molar refractivity (Wildman–Crippen MR) is 291 cm³/mol. The van der Waals surface area contributed by atoms with Crippen LogP contribution in [0.15, 0.2) is 94.9 Å². The van der Waals surface area contributed by atoms with Crippen molar-refractivity contribution < 1.29 is 28.2 Å². The molecule has 0 radical (unpaired) electrons. The highest BCUT2D eigenvalue weighted by Gasteiger charge is 2.27. The number of nitrogen functional groups attached to an aromatic ring is 2. The number of hydrogen-bond donors (Lipinski definition) is 2. The maximum atomic E-state index is 14.7. The molecule has 0 spiro atoms. The number of allylic oxidation sites excluding steroid dienone is 1. The van der Waals surface area contributed by atoms with E-state index in [-0.39, 0.29) is 12.2 Å². The maximum Gasteiger partial charge on any atom is 0.339 e. The molecule has 0 saturated heterocycles. The molecule has 0 aliphatic heterocycles. The smallest absolute Gasteiger partial charge is 0.339 e. The van der Waals surface area contributed by atoms with E-state index in [4.69, 9.17) is 30.1 Å². The van der Waals surface area contributed by atoms with Crippen molar-refractivity contribution in [2.45, 2.75) is 144 Å². The minimum atomic E-state index is -0.470. The van der Waals surface area contributed by atoms with Gasteiger partial charge in [-0.1, -0.05) is 80.1 Å². The van der Waals surface area contributed by atoms with E-state index in [1.54, 1.807) is 30.3 Å². The molecule has 70 heavy (non-hydrogen) atoms. The normalized spacial score (nSPS) is 11.9. The Morgan fingerprint density at radius 1 is 0.557 bits per heavy atom. The average molecular weight is 957 g/mol. The largest absolute Gasteiger partial charge is 0.494 e. The zero-order valence-electron chi connectivity index (χ0n) is 43.6. The summed E-state index contributed by atoms with van der Waals surface area (Å²) in [4.78, 5) is 33.7. The molecule has 10 nitrogen and oxygen atoms in total. The number of carbonyl (C=O) groups is 2. The molecular weight excluding hydrogens is 873 g/mol. The van der Waals surface area contributed by atoms with Gasteiger partial charge in [-0.2, -0.15) is 0 Å². The number of ketones is 1. The van der Waals surface area contributed by atoms with Gasteiger partial charge in [0.1, 0.15) is 28.6 Å². The van der Waals surface area contributed by atoms with Crippen LogP contribution in [0.2, 0.25) is 0 Å². The number of nitrogens with zero attached hydrogens (tertiary/aromatic N) is 2. The molecule has 380 valence electrons. The quantitative estimate of drug-likeness (QED) is 0.0102. The molecule has 4 N–H and O–H groups in total. The molecule has 1 heterocycles. The molecule has 0 fully saturated rings. The number of esters is 1. The zero-order chi connectivity index (χ0) is 50.1. The Bertz CT molecular complexity index is 2350. The van der Waals surface area contributed by atoms with E-state index in [2.05, 4.69) is 51.3 Å². The summed E-state index contributed by atoms with van der Waals surface area (Å²) in [7, 11) is 0. The molecule has 0 amide bonds. The fourth-order valence-electron chi connectivity index (χ4n) is 8.89. The number of unbranched alkanes of at least 4 members (excludes halogenated alkanes) is 5. The van der Waals surface area contributed by atoms with Gasteiger partial charge in [-0.05, 0) is 174 Å². The molecule has 0 aliphatic carbocycles. The predicted octanol–water partition coefficient (Wildman–Crippen LogP) is 14.4.